The molecule has 1 heterocycles. The van der Waals surface area contributed by atoms with Gasteiger partial charge in [0.15, 0.2) is 0 Å². The number of aromatic amines is 1. The van der Waals surface area contributed by atoms with Crippen molar-refractivity contribution in [1.82, 2.24) is 10.3 Å². The van der Waals surface area contributed by atoms with E-state index in [0.717, 1.165) is 44.8 Å². The van der Waals surface area contributed by atoms with Gasteiger partial charge in [-0.05, 0) is 53.1 Å². The molecule has 0 bridgehead atoms. The summed E-state index contributed by atoms with van der Waals surface area (Å²) in [5, 5.41) is 4.04. The number of benzene rings is 3. The lowest BCUT2D eigenvalue weighted by atomic mass is 9.87. The molecule has 0 aliphatic carbocycles. The van der Waals surface area contributed by atoms with Gasteiger partial charge in [0.05, 0.1) is 21.3 Å². The summed E-state index contributed by atoms with van der Waals surface area (Å²) in [4.78, 5) is 16.4. The van der Waals surface area contributed by atoms with Gasteiger partial charge in [-0.2, -0.15) is 0 Å². The van der Waals surface area contributed by atoms with Crippen LogP contribution in [0.3, 0.4) is 0 Å². The Hall–Kier alpha value is -3.93. The SMILES string of the molecule is COc1ccc(CNC(=O)CC(c2ccc(OC)cc2)c2c[nH]c3cccc(OC)c23)cc1. The van der Waals surface area contributed by atoms with Gasteiger partial charge >= 0.3 is 0 Å². The van der Waals surface area contributed by atoms with Crippen LogP contribution in [-0.4, -0.2) is 32.2 Å². The fourth-order valence-electron chi connectivity index (χ4n) is 4.07. The summed E-state index contributed by atoms with van der Waals surface area (Å²) in [6.07, 6.45) is 2.27. The second kappa shape index (κ2) is 10.1. The van der Waals surface area contributed by atoms with E-state index in [-0.39, 0.29) is 11.8 Å². The molecule has 0 aliphatic heterocycles. The lowest BCUT2D eigenvalue weighted by molar-refractivity contribution is -0.121. The molecule has 1 amide bonds. The number of methoxy groups -OCH3 is 3. The number of nitrogens with one attached hydrogen (secondary N) is 2. The van der Waals surface area contributed by atoms with Crippen LogP contribution in [0.5, 0.6) is 17.2 Å². The minimum atomic E-state index is -0.156. The maximum absolute atomic E-state index is 13.0. The van der Waals surface area contributed by atoms with E-state index in [1.807, 2.05) is 72.9 Å². The molecular formula is C27H28N2O4. The quantitative estimate of drug-likeness (QED) is 0.380. The zero-order valence-electron chi connectivity index (χ0n) is 19.1. The van der Waals surface area contributed by atoms with Crippen molar-refractivity contribution in [2.75, 3.05) is 21.3 Å². The number of carbonyl (C=O) groups excluding carboxylic acids is 1. The molecule has 0 fully saturated rings. The highest BCUT2D eigenvalue weighted by molar-refractivity contribution is 5.91. The molecule has 170 valence electrons. The minimum Gasteiger partial charge on any atom is -0.497 e. The molecule has 0 saturated carbocycles. The van der Waals surface area contributed by atoms with Gasteiger partial charge in [-0.1, -0.05) is 30.3 Å². The van der Waals surface area contributed by atoms with Gasteiger partial charge in [-0.3, -0.25) is 4.79 Å². The van der Waals surface area contributed by atoms with Crippen LogP contribution in [0.4, 0.5) is 0 Å². The standard InChI is InChI=1S/C27H28N2O4/c1-31-20-11-7-18(8-12-20)16-29-26(30)15-22(19-9-13-21(32-2)14-10-19)23-17-28-24-5-4-6-25(33-3)27(23)24/h4-14,17,22,28H,15-16H2,1-3H3,(H,29,30). The van der Waals surface area contributed by atoms with Crippen molar-refractivity contribution in [3.8, 4) is 17.2 Å². The van der Waals surface area contributed by atoms with Crippen molar-refractivity contribution in [2.24, 2.45) is 0 Å². The fourth-order valence-corrected chi connectivity index (χ4v) is 4.07. The van der Waals surface area contributed by atoms with Crippen molar-refractivity contribution < 1.29 is 19.0 Å². The Morgan fingerprint density at radius 3 is 2.18 bits per heavy atom. The Morgan fingerprint density at radius 2 is 1.55 bits per heavy atom. The van der Waals surface area contributed by atoms with Crippen molar-refractivity contribution >= 4 is 16.8 Å². The predicted molar refractivity (Wildman–Crippen MR) is 129 cm³/mol. The average Bonchev–Trinajstić information content (AvgIpc) is 3.30. The topological polar surface area (TPSA) is 72.6 Å². The van der Waals surface area contributed by atoms with Crippen LogP contribution in [0.1, 0.15) is 29.0 Å². The first-order valence-corrected chi connectivity index (χ1v) is 10.8. The molecule has 4 aromatic rings. The molecule has 6 nitrogen and oxygen atoms in total. The van der Waals surface area contributed by atoms with Crippen LogP contribution >= 0.6 is 0 Å². The van der Waals surface area contributed by atoms with Gasteiger partial charge in [0, 0.05) is 36.0 Å². The van der Waals surface area contributed by atoms with E-state index < -0.39 is 0 Å². The smallest absolute Gasteiger partial charge is 0.221 e. The molecule has 4 rings (SSSR count). The van der Waals surface area contributed by atoms with Crippen LogP contribution in [0.15, 0.2) is 72.9 Å². The van der Waals surface area contributed by atoms with E-state index in [2.05, 4.69) is 10.3 Å². The van der Waals surface area contributed by atoms with Gasteiger partial charge < -0.3 is 24.5 Å². The number of fused-ring (bicyclic) bond motifs is 1. The van der Waals surface area contributed by atoms with Crippen LogP contribution < -0.4 is 19.5 Å². The zero-order chi connectivity index (χ0) is 23.2. The van der Waals surface area contributed by atoms with Crippen LogP contribution in [0, 0.1) is 0 Å². The first-order valence-electron chi connectivity index (χ1n) is 10.8. The van der Waals surface area contributed by atoms with Gasteiger partial charge in [0.25, 0.3) is 0 Å². The summed E-state index contributed by atoms with van der Waals surface area (Å²) in [7, 11) is 4.94. The van der Waals surface area contributed by atoms with E-state index in [1.165, 1.54) is 0 Å². The maximum atomic E-state index is 13.0. The van der Waals surface area contributed by atoms with E-state index in [1.54, 1.807) is 21.3 Å². The Balaban J connectivity index is 1.61. The maximum Gasteiger partial charge on any atom is 0.221 e. The highest BCUT2D eigenvalue weighted by Crippen LogP contribution is 2.38. The highest BCUT2D eigenvalue weighted by Gasteiger charge is 2.23. The Bertz CT molecular complexity index is 1210. The van der Waals surface area contributed by atoms with E-state index in [0.29, 0.717) is 13.0 Å². The molecule has 3 aromatic carbocycles. The zero-order valence-corrected chi connectivity index (χ0v) is 19.1. The van der Waals surface area contributed by atoms with Gasteiger partial charge in [0.1, 0.15) is 17.2 Å². The minimum absolute atomic E-state index is 0.0316. The molecule has 0 saturated heterocycles. The summed E-state index contributed by atoms with van der Waals surface area (Å²) in [5.74, 6) is 2.16. The predicted octanol–water partition coefficient (Wildman–Crippen LogP) is 5.03. The van der Waals surface area contributed by atoms with Gasteiger partial charge in [0.2, 0.25) is 5.91 Å². The molecule has 1 atom stereocenters. The van der Waals surface area contributed by atoms with E-state index >= 15 is 0 Å². The number of aromatic nitrogens is 1. The molecule has 1 unspecified atom stereocenters. The average molecular weight is 445 g/mol. The third kappa shape index (κ3) is 4.95. The molecular weight excluding hydrogens is 416 g/mol. The van der Waals surface area contributed by atoms with Crippen LogP contribution in [-0.2, 0) is 11.3 Å². The molecule has 0 spiro atoms. The van der Waals surface area contributed by atoms with E-state index in [9.17, 15) is 4.79 Å². The van der Waals surface area contributed by atoms with Crippen molar-refractivity contribution in [3.63, 3.8) is 0 Å². The second-order valence-corrected chi connectivity index (χ2v) is 7.78. The first-order chi connectivity index (χ1) is 16.1. The number of hydrogen-bond donors (Lipinski definition) is 2. The van der Waals surface area contributed by atoms with Crippen LogP contribution in [0.2, 0.25) is 0 Å². The second-order valence-electron chi connectivity index (χ2n) is 7.78. The number of amides is 1. The number of H-pyrrole nitrogens is 1. The highest BCUT2D eigenvalue weighted by atomic mass is 16.5. The Kier molecular flexibility index (Phi) is 6.83. The normalized spacial score (nSPS) is 11.7. The van der Waals surface area contributed by atoms with Crippen molar-refractivity contribution in [2.45, 2.75) is 18.9 Å². The fraction of sp³-hybridized carbons (Fsp3) is 0.222. The van der Waals surface area contributed by atoms with Gasteiger partial charge in [-0.15, -0.1) is 0 Å². The summed E-state index contributed by atoms with van der Waals surface area (Å²) in [6, 6.07) is 21.4. The number of hydrogen-bond acceptors (Lipinski definition) is 4. The third-order valence-corrected chi connectivity index (χ3v) is 5.85. The summed E-state index contributed by atoms with van der Waals surface area (Å²) < 4.78 is 16.1. The number of rotatable bonds is 9. The first kappa shape index (κ1) is 22.3. The number of ether oxygens (including phenoxy) is 3. The molecule has 0 radical (unpaired) electrons. The van der Waals surface area contributed by atoms with Crippen LogP contribution in [0.25, 0.3) is 10.9 Å². The molecule has 6 heteroatoms. The van der Waals surface area contributed by atoms with Gasteiger partial charge in [-0.25, -0.2) is 0 Å². The largest absolute Gasteiger partial charge is 0.497 e. The number of carbonyl (C=O) groups is 1. The molecule has 1 aromatic heterocycles. The molecule has 2 N–H and O–H groups in total. The molecule has 33 heavy (non-hydrogen) atoms. The van der Waals surface area contributed by atoms with Crippen molar-refractivity contribution in [1.29, 1.82) is 0 Å². The third-order valence-electron chi connectivity index (χ3n) is 5.85. The Labute approximate surface area is 193 Å². The summed E-state index contributed by atoms with van der Waals surface area (Å²) in [6.45, 7) is 0.454. The summed E-state index contributed by atoms with van der Waals surface area (Å²) in [5.41, 5.74) is 4.04. The Morgan fingerprint density at radius 1 is 0.879 bits per heavy atom. The van der Waals surface area contributed by atoms with Crippen molar-refractivity contribution in [3.05, 3.63) is 89.6 Å². The van der Waals surface area contributed by atoms with E-state index in [4.69, 9.17) is 14.2 Å². The summed E-state index contributed by atoms with van der Waals surface area (Å²) >= 11 is 0. The monoisotopic (exact) mass is 444 g/mol. The lowest BCUT2D eigenvalue weighted by Gasteiger charge is -2.18. The lowest BCUT2D eigenvalue weighted by Crippen LogP contribution is -2.25. The molecule has 0 aliphatic rings.